The first kappa shape index (κ1) is 19.6. The summed E-state index contributed by atoms with van der Waals surface area (Å²) in [6, 6.07) is 16.7. The highest BCUT2D eigenvalue weighted by Crippen LogP contribution is 2.25. The zero-order chi connectivity index (χ0) is 19.4. The van der Waals surface area contributed by atoms with Gasteiger partial charge in [0.05, 0.1) is 10.8 Å². The van der Waals surface area contributed by atoms with E-state index in [0.29, 0.717) is 24.4 Å². The van der Waals surface area contributed by atoms with E-state index in [9.17, 15) is 13.2 Å². The number of amides is 1. The van der Waals surface area contributed by atoms with Crippen LogP contribution in [0.3, 0.4) is 0 Å². The molecule has 2 aromatic carbocycles. The molecule has 144 valence electrons. The van der Waals surface area contributed by atoms with Crippen LogP contribution >= 0.6 is 0 Å². The number of aryl methyl sites for hydroxylation is 1. The molecule has 27 heavy (non-hydrogen) atoms. The summed E-state index contributed by atoms with van der Waals surface area (Å²) in [7, 11) is -1.79. The van der Waals surface area contributed by atoms with Gasteiger partial charge < -0.3 is 4.90 Å². The molecule has 0 N–H and O–H groups in total. The van der Waals surface area contributed by atoms with Crippen LogP contribution in [-0.2, 0) is 21.4 Å². The van der Waals surface area contributed by atoms with Crippen molar-refractivity contribution in [1.82, 2.24) is 9.21 Å². The summed E-state index contributed by atoms with van der Waals surface area (Å²) < 4.78 is 27.3. The summed E-state index contributed by atoms with van der Waals surface area (Å²) in [5, 5.41) is 0. The first-order valence-electron chi connectivity index (χ1n) is 9.23. The maximum Gasteiger partial charge on any atom is 0.243 e. The second kappa shape index (κ2) is 8.23. The van der Waals surface area contributed by atoms with Crippen LogP contribution in [0.15, 0.2) is 59.5 Å². The molecule has 1 aliphatic heterocycles. The van der Waals surface area contributed by atoms with Gasteiger partial charge in [0, 0.05) is 26.7 Å². The molecule has 0 radical (unpaired) electrons. The molecule has 0 aliphatic carbocycles. The number of benzene rings is 2. The Morgan fingerprint density at radius 1 is 1.11 bits per heavy atom. The summed E-state index contributed by atoms with van der Waals surface area (Å²) in [6.45, 7) is 3.16. The highest BCUT2D eigenvalue weighted by atomic mass is 32.2. The summed E-state index contributed by atoms with van der Waals surface area (Å²) >= 11 is 0. The third-order valence-electron chi connectivity index (χ3n) is 5.03. The molecule has 1 heterocycles. The molecule has 0 bridgehead atoms. The predicted molar refractivity (Wildman–Crippen MR) is 106 cm³/mol. The maximum absolute atomic E-state index is 12.9. The predicted octanol–water partition coefficient (Wildman–Crippen LogP) is 3.05. The standard InChI is InChI=1S/C21H26N2O3S/c1-17-10-12-20(13-11-17)27(25,26)23-14-6-9-19(16-23)21(24)22(2)15-18-7-4-3-5-8-18/h3-5,7-8,10-13,19H,6,9,14-16H2,1-2H3/t19-/m0/s1. The Labute approximate surface area is 161 Å². The van der Waals surface area contributed by atoms with Crippen molar-refractivity contribution in [3.05, 3.63) is 65.7 Å². The third-order valence-corrected chi connectivity index (χ3v) is 6.91. The van der Waals surface area contributed by atoms with Crippen molar-refractivity contribution in [1.29, 1.82) is 0 Å². The van der Waals surface area contributed by atoms with E-state index in [1.54, 1.807) is 36.2 Å². The van der Waals surface area contributed by atoms with E-state index in [2.05, 4.69) is 0 Å². The van der Waals surface area contributed by atoms with E-state index >= 15 is 0 Å². The van der Waals surface area contributed by atoms with Crippen LogP contribution < -0.4 is 0 Å². The van der Waals surface area contributed by atoms with Crippen LogP contribution in [0.25, 0.3) is 0 Å². The lowest BCUT2D eigenvalue weighted by Crippen LogP contribution is -2.45. The van der Waals surface area contributed by atoms with Crippen LogP contribution in [0.1, 0.15) is 24.0 Å². The van der Waals surface area contributed by atoms with Gasteiger partial charge in [-0.2, -0.15) is 4.31 Å². The number of carbonyl (C=O) groups is 1. The Balaban J connectivity index is 1.69. The molecule has 5 nitrogen and oxygen atoms in total. The van der Waals surface area contributed by atoms with Crippen LogP contribution in [0.2, 0.25) is 0 Å². The van der Waals surface area contributed by atoms with Crippen LogP contribution in [0.5, 0.6) is 0 Å². The normalized spacial score (nSPS) is 18.2. The highest BCUT2D eigenvalue weighted by molar-refractivity contribution is 7.89. The molecule has 0 saturated carbocycles. The average Bonchev–Trinajstić information content (AvgIpc) is 2.68. The van der Waals surface area contributed by atoms with Crippen molar-refractivity contribution in [3.8, 4) is 0 Å². The number of hydrogen-bond acceptors (Lipinski definition) is 3. The molecule has 1 amide bonds. The minimum Gasteiger partial charge on any atom is -0.341 e. The summed E-state index contributed by atoms with van der Waals surface area (Å²) in [5.74, 6) is -0.296. The first-order valence-corrected chi connectivity index (χ1v) is 10.7. The monoisotopic (exact) mass is 386 g/mol. The van der Waals surface area contributed by atoms with Crippen molar-refractivity contribution in [3.63, 3.8) is 0 Å². The van der Waals surface area contributed by atoms with E-state index in [1.165, 1.54) is 4.31 Å². The molecule has 3 rings (SSSR count). The summed E-state index contributed by atoms with van der Waals surface area (Å²) in [6.07, 6.45) is 1.42. The minimum atomic E-state index is -3.57. The number of hydrogen-bond donors (Lipinski definition) is 0. The SMILES string of the molecule is Cc1ccc(S(=O)(=O)N2CCC[C@H](C(=O)N(C)Cc3ccccc3)C2)cc1. The fourth-order valence-corrected chi connectivity index (χ4v) is 4.99. The number of rotatable bonds is 5. The van der Waals surface area contributed by atoms with Gasteiger partial charge in [-0.1, -0.05) is 48.0 Å². The second-order valence-electron chi connectivity index (χ2n) is 7.20. The molecule has 2 aromatic rings. The van der Waals surface area contributed by atoms with E-state index < -0.39 is 10.0 Å². The Kier molecular flexibility index (Phi) is 5.97. The largest absolute Gasteiger partial charge is 0.341 e. The van der Waals surface area contributed by atoms with Crippen LogP contribution in [0.4, 0.5) is 0 Å². The molecule has 1 aliphatic rings. The van der Waals surface area contributed by atoms with Crippen molar-refractivity contribution in [2.45, 2.75) is 31.2 Å². The molecular formula is C21H26N2O3S. The van der Waals surface area contributed by atoms with Gasteiger partial charge in [0.25, 0.3) is 0 Å². The molecule has 0 spiro atoms. The van der Waals surface area contributed by atoms with Gasteiger partial charge in [0.2, 0.25) is 15.9 Å². The van der Waals surface area contributed by atoms with Gasteiger partial charge in [-0.05, 0) is 37.5 Å². The van der Waals surface area contributed by atoms with Crippen molar-refractivity contribution in [2.75, 3.05) is 20.1 Å². The molecule has 0 aromatic heterocycles. The maximum atomic E-state index is 12.9. The number of piperidine rings is 1. The first-order chi connectivity index (χ1) is 12.9. The highest BCUT2D eigenvalue weighted by Gasteiger charge is 2.34. The topological polar surface area (TPSA) is 57.7 Å². The number of sulfonamides is 1. The van der Waals surface area contributed by atoms with Crippen molar-refractivity contribution in [2.24, 2.45) is 5.92 Å². The zero-order valence-electron chi connectivity index (χ0n) is 15.8. The smallest absolute Gasteiger partial charge is 0.243 e. The lowest BCUT2D eigenvalue weighted by molar-refractivity contribution is -0.135. The fraction of sp³-hybridized carbons (Fsp3) is 0.381. The average molecular weight is 387 g/mol. The van der Waals surface area contributed by atoms with E-state index in [-0.39, 0.29) is 18.4 Å². The Hall–Kier alpha value is -2.18. The molecule has 1 fully saturated rings. The molecule has 1 atom stereocenters. The third kappa shape index (κ3) is 4.57. The summed E-state index contributed by atoms with van der Waals surface area (Å²) in [5.41, 5.74) is 2.08. The van der Waals surface area contributed by atoms with Crippen molar-refractivity contribution >= 4 is 15.9 Å². The van der Waals surface area contributed by atoms with Crippen LogP contribution in [0, 0.1) is 12.8 Å². The molecule has 1 saturated heterocycles. The lowest BCUT2D eigenvalue weighted by Gasteiger charge is -2.33. The number of nitrogens with zero attached hydrogens (tertiary/aromatic N) is 2. The fourth-order valence-electron chi connectivity index (χ4n) is 3.47. The Morgan fingerprint density at radius 2 is 1.78 bits per heavy atom. The minimum absolute atomic E-state index is 0.00246. The van der Waals surface area contributed by atoms with E-state index in [0.717, 1.165) is 17.5 Å². The van der Waals surface area contributed by atoms with Gasteiger partial charge in [0.1, 0.15) is 0 Å². The van der Waals surface area contributed by atoms with Gasteiger partial charge in [0.15, 0.2) is 0 Å². The van der Waals surface area contributed by atoms with E-state index in [4.69, 9.17) is 0 Å². The van der Waals surface area contributed by atoms with E-state index in [1.807, 2.05) is 37.3 Å². The summed E-state index contributed by atoms with van der Waals surface area (Å²) in [4.78, 5) is 14.8. The van der Waals surface area contributed by atoms with Gasteiger partial charge in [-0.3, -0.25) is 4.79 Å². The van der Waals surface area contributed by atoms with Gasteiger partial charge in [-0.15, -0.1) is 0 Å². The Morgan fingerprint density at radius 3 is 2.44 bits per heavy atom. The molecular weight excluding hydrogens is 360 g/mol. The Bertz CT molecular complexity index is 879. The van der Waals surface area contributed by atoms with Gasteiger partial charge >= 0.3 is 0 Å². The van der Waals surface area contributed by atoms with Gasteiger partial charge in [-0.25, -0.2) is 8.42 Å². The zero-order valence-corrected chi connectivity index (χ0v) is 16.7. The van der Waals surface area contributed by atoms with Crippen LogP contribution in [-0.4, -0.2) is 43.7 Å². The number of carbonyl (C=O) groups excluding carboxylic acids is 1. The quantitative estimate of drug-likeness (QED) is 0.794. The molecule has 0 unspecified atom stereocenters. The lowest BCUT2D eigenvalue weighted by atomic mass is 9.98. The molecule has 6 heteroatoms. The second-order valence-corrected chi connectivity index (χ2v) is 9.13. The van der Waals surface area contributed by atoms with Crippen molar-refractivity contribution < 1.29 is 13.2 Å².